The average Bonchev–Trinajstić information content (AvgIpc) is 2.88. The van der Waals surface area contributed by atoms with Crippen molar-refractivity contribution in [2.75, 3.05) is 6.54 Å². The molecule has 1 aliphatic rings. The molecular weight excluding hydrogens is 509 g/mol. The molecule has 5 nitrogen and oxygen atoms in total. The number of benzene rings is 3. The summed E-state index contributed by atoms with van der Waals surface area (Å²) in [6.07, 6.45) is 6.25. The number of allylic oxidation sites excluding steroid dienone is 2. The summed E-state index contributed by atoms with van der Waals surface area (Å²) < 4.78 is 66.0. The molecule has 3 aromatic carbocycles. The van der Waals surface area contributed by atoms with E-state index in [4.69, 9.17) is 17.4 Å². The monoisotopic (exact) mass is 533 g/mol. The fourth-order valence-corrected chi connectivity index (χ4v) is 7.15. The lowest BCUT2D eigenvalue weighted by molar-refractivity contribution is -0.0517. The first-order valence-corrected chi connectivity index (χ1v) is 14.1. The predicted octanol–water partition coefficient (Wildman–Crippen LogP) is 4.40. The molecule has 1 heterocycles. The number of hydrogen-bond acceptors (Lipinski definition) is 5. The Morgan fingerprint density at radius 3 is 1.56 bits per heavy atom. The molecule has 0 N–H and O–H groups in total. The molecule has 0 fully saturated rings. The average molecular weight is 533 g/mol. The highest BCUT2D eigenvalue weighted by Gasteiger charge is 2.51. The molecule has 188 valence electrons. The molecule has 0 aliphatic carbocycles. The third-order valence-corrected chi connectivity index (χ3v) is 9.44. The second kappa shape index (κ2) is 11.9. The van der Waals surface area contributed by atoms with Crippen LogP contribution < -0.4 is 15.9 Å². The van der Waals surface area contributed by atoms with Crippen molar-refractivity contribution in [1.29, 1.82) is 0 Å². The van der Waals surface area contributed by atoms with Crippen LogP contribution in [0, 0.1) is 0 Å². The Hall–Kier alpha value is -2.91. The molecule has 36 heavy (non-hydrogen) atoms. The van der Waals surface area contributed by atoms with Gasteiger partial charge >= 0.3 is 12.6 Å². The van der Waals surface area contributed by atoms with Gasteiger partial charge in [-0.25, -0.2) is 12.9 Å². The van der Waals surface area contributed by atoms with E-state index >= 15 is 0 Å². The standard InChI is InChI=1S/C24H24BNOP.CHF3O3S/c1-2-26-21-13-12-20-25(26)27-28(22-14-6-3-7-15-22,23-16-8-4-9-17-23)24-18-10-5-11-19-24;2-1(3,4)8(5,6)7/h3-21H,2H2,1H3;(H,5,6,7)/q+1;/p-1. The van der Waals surface area contributed by atoms with Gasteiger partial charge in [-0.05, 0) is 55.6 Å². The molecule has 0 bridgehead atoms. The van der Waals surface area contributed by atoms with Crippen molar-refractivity contribution in [3.05, 3.63) is 115 Å². The van der Waals surface area contributed by atoms with E-state index in [0.29, 0.717) is 0 Å². The first kappa shape index (κ1) is 27.7. The molecule has 0 radical (unpaired) electrons. The maximum absolute atomic E-state index is 10.7. The highest BCUT2D eigenvalue weighted by molar-refractivity contribution is 7.92. The van der Waals surface area contributed by atoms with E-state index in [1.165, 1.54) is 15.9 Å². The molecule has 11 heteroatoms. The van der Waals surface area contributed by atoms with Crippen LogP contribution in [0.1, 0.15) is 6.92 Å². The van der Waals surface area contributed by atoms with Crippen LogP contribution in [0.4, 0.5) is 13.2 Å². The van der Waals surface area contributed by atoms with Crippen molar-refractivity contribution >= 4 is 40.6 Å². The van der Waals surface area contributed by atoms with Crippen LogP contribution in [-0.4, -0.2) is 36.9 Å². The Bertz CT molecular complexity index is 1180. The third-order valence-electron chi connectivity index (χ3n) is 5.27. The molecule has 4 rings (SSSR count). The van der Waals surface area contributed by atoms with Gasteiger partial charge in [0.25, 0.3) is 0 Å². The molecule has 3 aromatic rings. The van der Waals surface area contributed by atoms with E-state index < -0.39 is 23.1 Å². The minimum absolute atomic E-state index is 0.107. The summed E-state index contributed by atoms with van der Waals surface area (Å²) in [4.78, 5) is 2.24. The SMILES string of the molecule is CCN1C=CC=CB1O[P+](c1ccccc1)(c1ccccc1)c1ccccc1.O=S(=O)([O-])C(F)(F)F. The molecule has 0 unspecified atom stereocenters. The summed E-state index contributed by atoms with van der Waals surface area (Å²) >= 11 is 0. The Balaban J connectivity index is 0.000000392. The Morgan fingerprint density at radius 1 is 0.833 bits per heavy atom. The zero-order valence-corrected chi connectivity index (χ0v) is 21.0. The topological polar surface area (TPSA) is 69.7 Å². The van der Waals surface area contributed by atoms with Gasteiger partial charge < -0.3 is 9.36 Å². The number of nitrogens with zero attached hydrogens (tertiary/aromatic N) is 1. The van der Waals surface area contributed by atoms with E-state index in [-0.39, 0.29) is 7.05 Å². The van der Waals surface area contributed by atoms with Gasteiger partial charge in [-0.1, -0.05) is 66.6 Å². The maximum atomic E-state index is 10.7. The number of halogens is 3. The number of rotatable bonds is 6. The normalized spacial score (nSPS) is 13.8. The predicted molar refractivity (Wildman–Crippen MR) is 138 cm³/mol. The van der Waals surface area contributed by atoms with Gasteiger partial charge in [-0.2, -0.15) is 13.2 Å². The second-order valence-electron chi connectivity index (χ2n) is 7.57. The van der Waals surface area contributed by atoms with E-state index in [9.17, 15) is 13.2 Å². The highest BCUT2D eigenvalue weighted by atomic mass is 32.2. The Morgan fingerprint density at radius 2 is 1.22 bits per heavy atom. The van der Waals surface area contributed by atoms with E-state index in [2.05, 4.69) is 127 Å². The molecule has 1 aliphatic heterocycles. The van der Waals surface area contributed by atoms with Gasteiger partial charge in [0.05, 0.1) is 0 Å². The minimum Gasteiger partial charge on any atom is -0.741 e. The maximum Gasteiger partial charge on any atom is 0.493 e. The number of alkyl halides is 3. The Kier molecular flexibility index (Phi) is 9.14. The van der Waals surface area contributed by atoms with Gasteiger partial charge in [0.15, 0.2) is 10.1 Å². The van der Waals surface area contributed by atoms with Crippen molar-refractivity contribution < 1.29 is 30.6 Å². The van der Waals surface area contributed by atoms with Crippen molar-refractivity contribution in [2.24, 2.45) is 0 Å². The van der Waals surface area contributed by atoms with Gasteiger partial charge in [0, 0.05) is 6.54 Å². The zero-order chi connectivity index (χ0) is 26.2. The molecule has 0 saturated heterocycles. The highest BCUT2D eigenvalue weighted by Crippen LogP contribution is 2.57. The quantitative estimate of drug-likeness (QED) is 0.204. The zero-order valence-electron chi connectivity index (χ0n) is 19.3. The van der Waals surface area contributed by atoms with Gasteiger partial charge in [-0.3, -0.25) is 0 Å². The molecule has 0 saturated carbocycles. The first-order chi connectivity index (χ1) is 17.1. The lowest BCUT2D eigenvalue weighted by atomic mass is 9.79. The summed E-state index contributed by atoms with van der Waals surface area (Å²) in [7, 11) is -8.50. The van der Waals surface area contributed by atoms with Crippen LogP contribution in [0.25, 0.3) is 0 Å². The van der Waals surface area contributed by atoms with E-state index in [0.717, 1.165) is 6.54 Å². The first-order valence-electron chi connectivity index (χ1n) is 11.0. The minimum atomic E-state index is -6.09. The van der Waals surface area contributed by atoms with Crippen LogP contribution in [0.15, 0.2) is 115 Å². The summed E-state index contributed by atoms with van der Waals surface area (Å²) in [6.45, 7) is 3.05. The van der Waals surface area contributed by atoms with E-state index in [1.54, 1.807) is 0 Å². The molecule has 0 atom stereocenters. The summed E-state index contributed by atoms with van der Waals surface area (Å²) in [5.74, 6) is 2.15. The summed E-state index contributed by atoms with van der Waals surface area (Å²) in [6, 6.07) is 32.0. The third kappa shape index (κ3) is 6.45. The molecule has 0 spiro atoms. The van der Waals surface area contributed by atoms with Crippen LogP contribution in [0.3, 0.4) is 0 Å². The van der Waals surface area contributed by atoms with Crippen molar-refractivity contribution in [2.45, 2.75) is 12.4 Å². The van der Waals surface area contributed by atoms with Crippen molar-refractivity contribution in [3.8, 4) is 0 Å². The van der Waals surface area contributed by atoms with Crippen LogP contribution >= 0.6 is 7.49 Å². The van der Waals surface area contributed by atoms with Gasteiger partial charge in [0.1, 0.15) is 15.9 Å². The van der Waals surface area contributed by atoms with Crippen LogP contribution in [0.2, 0.25) is 0 Å². The van der Waals surface area contributed by atoms with E-state index in [1.807, 2.05) is 0 Å². The molecule has 0 amide bonds. The molecule has 0 aromatic heterocycles. The van der Waals surface area contributed by atoms with Crippen LogP contribution in [0.5, 0.6) is 0 Å². The number of hydrogen-bond donors (Lipinski definition) is 0. The van der Waals surface area contributed by atoms with Gasteiger partial charge in [0.2, 0.25) is 7.49 Å². The van der Waals surface area contributed by atoms with Crippen molar-refractivity contribution in [1.82, 2.24) is 4.81 Å². The fraction of sp³-hybridized carbons (Fsp3) is 0.120. The van der Waals surface area contributed by atoms with Crippen molar-refractivity contribution in [3.63, 3.8) is 0 Å². The largest absolute Gasteiger partial charge is 0.741 e. The fourth-order valence-electron chi connectivity index (χ4n) is 3.60. The van der Waals surface area contributed by atoms with Crippen LogP contribution in [-0.2, 0) is 14.6 Å². The van der Waals surface area contributed by atoms with Gasteiger partial charge in [-0.15, -0.1) is 0 Å². The molecular formula is C25H24BF3NO4PS. The smallest absolute Gasteiger partial charge is 0.493 e. The lowest BCUT2D eigenvalue weighted by Crippen LogP contribution is -2.43. The second-order valence-corrected chi connectivity index (χ2v) is 11.9. The summed E-state index contributed by atoms with van der Waals surface area (Å²) in [5, 5.41) is 3.68. The lowest BCUT2D eigenvalue weighted by Gasteiger charge is -2.32. The Labute approximate surface area is 210 Å². The summed E-state index contributed by atoms with van der Waals surface area (Å²) in [5.41, 5.74) is -5.65.